The van der Waals surface area contributed by atoms with Crippen molar-refractivity contribution < 1.29 is 8.98 Å². The second-order valence-corrected chi connectivity index (χ2v) is 0.765. The van der Waals surface area contributed by atoms with E-state index >= 15 is 0 Å². The van der Waals surface area contributed by atoms with Gasteiger partial charge in [-0.05, 0) is 0 Å². The van der Waals surface area contributed by atoms with Gasteiger partial charge in [-0.1, -0.05) is 0 Å². The Balaban J connectivity index is 0. The smallest absolute Gasteiger partial charge is 0.314 e. The summed E-state index contributed by atoms with van der Waals surface area (Å²) in [7, 11) is 0. The van der Waals surface area contributed by atoms with Crippen LogP contribution in [0.1, 0.15) is 6.92 Å². The normalized spacial score (nSPS) is 5.67. The van der Waals surface area contributed by atoms with E-state index in [0.29, 0.717) is 0 Å². The van der Waals surface area contributed by atoms with Crippen molar-refractivity contribution in [3.63, 3.8) is 0 Å². The van der Waals surface area contributed by atoms with Crippen molar-refractivity contribution in [2.24, 2.45) is 0 Å². The van der Waals surface area contributed by atoms with Crippen LogP contribution in [0, 0.1) is 0 Å². The predicted molar refractivity (Wildman–Crippen MR) is 26.5 cm³/mol. The fourth-order valence-electron chi connectivity index (χ4n) is 0. The number of carbonyl (C=O) groups excluding carboxylic acids is 1. The van der Waals surface area contributed by atoms with Crippen LogP contribution in [0.2, 0.25) is 0 Å². The maximum absolute atomic E-state index is 9.51. The van der Waals surface area contributed by atoms with Gasteiger partial charge < -0.3 is 4.18 Å². The van der Waals surface area contributed by atoms with Crippen LogP contribution in [0.25, 0.3) is 0 Å². The van der Waals surface area contributed by atoms with Gasteiger partial charge in [0.25, 0.3) is 0 Å². The molecule has 0 aliphatic heterocycles. The van der Waals surface area contributed by atoms with Crippen molar-refractivity contribution in [1.82, 2.24) is 0 Å². The van der Waals surface area contributed by atoms with Gasteiger partial charge in [0.1, 0.15) is 0 Å². The SMILES string of the molecule is CC(=O)OS.[K]. The summed E-state index contributed by atoms with van der Waals surface area (Å²) in [5, 5.41) is 0. The topological polar surface area (TPSA) is 26.3 Å². The molecule has 0 aliphatic rings. The molecule has 0 heterocycles. The molecule has 0 atom stereocenters. The van der Waals surface area contributed by atoms with E-state index < -0.39 is 0 Å². The van der Waals surface area contributed by atoms with E-state index in [0.717, 1.165) is 0 Å². The molecule has 0 rings (SSSR count). The van der Waals surface area contributed by atoms with E-state index in [9.17, 15) is 4.79 Å². The van der Waals surface area contributed by atoms with Crippen molar-refractivity contribution in [3.8, 4) is 0 Å². The molecule has 4 heteroatoms. The third-order valence-corrected chi connectivity index (χ3v) is 0.386. The molecule has 2 nitrogen and oxygen atoms in total. The van der Waals surface area contributed by atoms with E-state index in [1.807, 2.05) is 0 Å². The fourth-order valence-corrected chi connectivity index (χ4v) is 0. The number of hydrogen-bond acceptors (Lipinski definition) is 3. The van der Waals surface area contributed by atoms with Crippen molar-refractivity contribution in [2.75, 3.05) is 0 Å². The Morgan fingerprint density at radius 3 is 2.00 bits per heavy atom. The van der Waals surface area contributed by atoms with Crippen molar-refractivity contribution in [1.29, 1.82) is 0 Å². The third-order valence-electron chi connectivity index (χ3n) is 0.129. The molecule has 0 amide bonds. The average molecular weight is 131 g/mol. The first kappa shape index (κ1) is 10.4. The minimum absolute atomic E-state index is 0. The van der Waals surface area contributed by atoms with Gasteiger partial charge in [0.2, 0.25) is 0 Å². The Labute approximate surface area is 84.7 Å². The molecule has 1 radical (unpaired) electrons. The Kier molecular flexibility index (Phi) is 11.2. The molecule has 0 saturated heterocycles. The molecule has 6 heavy (non-hydrogen) atoms. The Hall–Kier alpha value is 1.46. The van der Waals surface area contributed by atoms with Gasteiger partial charge in [0.15, 0.2) is 0 Å². The zero-order valence-corrected chi connectivity index (χ0v) is 7.78. The van der Waals surface area contributed by atoms with E-state index in [4.69, 9.17) is 0 Å². The van der Waals surface area contributed by atoms with Crippen LogP contribution in [0.3, 0.4) is 0 Å². The molecule has 0 aromatic carbocycles. The molecule has 0 saturated carbocycles. The molecule has 0 aromatic rings. The predicted octanol–water partition coefficient (Wildman–Crippen LogP) is 0.0135. The summed E-state index contributed by atoms with van der Waals surface area (Å²) >= 11 is 3.17. The summed E-state index contributed by atoms with van der Waals surface area (Å²) in [5.74, 6) is -0.381. The van der Waals surface area contributed by atoms with Crippen LogP contribution < -0.4 is 0 Å². The van der Waals surface area contributed by atoms with E-state index in [-0.39, 0.29) is 57.4 Å². The molecule has 0 N–H and O–H groups in total. The monoisotopic (exact) mass is 131 g/mol. The summed E-state index contributed by atoms with van der Waals surface area (Å²) < 4.78 is 3.81. The van der Waals surface area contributed by atoms with Gasteiger partial charge in [0.05, 0.1) is 0 Å². The van der Waals surface area contributed by atoms with Crippen LogP contribution in [0.4, 0.5) is 0 Å². The van der Waals surface area contributed by atoms with E-state index in [1.165, 1.54) is 6.92 Å². The summed E-state index contributed by atoms with van der Waals surface area (Å²) in [6.45, 7) is 1.28. The van der Waals surface area contributed by atoms with Gasteiger partial charge in [-0.2, -0.15) is 0 Å². The zero-order valence-electron chi connectivity index (χ0n) is 3.76. The van der Waals surface area contributed by atoms with Crippen LogP contribution in [-0.4, -0.2) is 57.4 Å². The summed E-state index contributed by atoms with van der Waals surface area (Å²) in [5.41, 5.74) is 0. The Morgan fingerprint density at radius 2 is 2.00 bits per heavy atom. The molecule has 31 valence electrons. The van der Waals surface area contributed by atoms with Crippen molar-refractivity contribution >= 4 is 70.3 Å². The van der Waals surface area contributed by atoms with Crippen molar-refractivity contribution in [3.05, 3.63) is 0 Å². The van der Waals surface area contributed by atoms with Gasteiger partial charge in [-0.3, -0.25) is 4.79 Å². The first-order valence-corrected chi connectivity index (χ1v) is 1.46. The summed E-state index contributed by atoms with van der Waals surface area (Å²) in [4.78, 5) is 9.51. The Bertz CT molecular complexity index is 46.8. The molecule has 0 aliphatic carbocycles. The van der Waals surface area contributed by atoms with Gasteiger partial charge in [-0.25, -0.2) is 0 Å². The molecule has 0 fully saturated rings. The Morgan fingerprint density at radius 1 is 1.83 bits per heavy atom. The van der Waals surface area contributed by atoms with Crippen molar-refractivity contribution in [2.45, 2.75) is 6.92 Å². The second kappa shape index (κ2) is 6.46. The van der Waals surface area contributed by atoms with Gasteiger partial charge >= 0.3 is 5.97 Å². The third kappa shape index (κ3) is 9.07. The zero-order chi connectivity index (χ0) is 4.28. The molecular formula is C2H4KO2S. The summed E-state index contributed by atoms with van der Waals surface area (Å²) in [6, 6.07) is 0. The van der Waals surface area contributed by atoms with Gasteiger partial charge in [0, 0.05) is 71.2 Å². The number of hydrogen-bond donors (Lipinski definition) is 1. The largest absolute Gasteiger partial charge is 0.395 e. The molecule has 0 unspecified atom stereocenters. The minimum atomic E-state index is -0.381. The first-order valence-electron chi connectivity index (χ1n) is 1.09. The maximum atomic E-state index is 9.51. The standard InChI is InChI=1S/C2H4O2S.K/c1-2(3)4-5;/h5H,1H3;. The summed E-state index contributed by atoms with van der Waals surface area (Å²) in [6.07, 6.45) is 0. The van der Waals surface area contributed by atoms with E-state index in [1.54, 1.807) is 0 Å². The minimum Gasteiger partial charge on any atom is -0.395 e. The molecule has 0 spiro atoms. The fraction of sp³-hybridized carbons (Fsp3) is 0.500. The van der Waals surface area contributed by atoms with Crippen LogP contribution in [0.5, 0.6) is 0 Å². The molecular weight excluding hydrogens is 127 g/mol. The van der Waals surface area contributed by atoms with Crippen LogP contribution in [0.15, 0.2) is 0 Å². The van der Waals surface area contributed by atoms with Crippen LogP contribution in [-0.2, 0) is 8.98 Å². The maximum Gasteiger partial charge on any atom is 0.314 e. The average Bonchev–Trinajstić information content (AvgIpc) is 1.38. The number of thiol groups is 1. The second-order valence-electron chi connectivity index (χ2n) is 0.583. The van der Waals surface area contributed by atoms with E-state index in [2.05, 4.69) is 17.1 Å². The van der Waals surface area contributed by atoms with Gasteiger partial charge in [-0.15, -0.1) is 0 Å². The number of carbonyl (C=O) groups is 1. The first-order chi connectivity index (χ1) is 2.27. The molecule has 0 aromatic heterocycles. The number of rotatable bonds is 0. The molecule has 0 bridgehead atoms. The quantitative estimate of drug-likeness (QED) is 0.285. The van der Waals surface area contributed by atoms with Crippen LogP contribution >= 0.6 is 12.9 Å².